The van der Waals surface area contributed by atoms with E-state index in [0.29, 0.717) is 23.9 Å². The average Bonchev–Trinajstić information content (AvgIpc) is 2.35. The fourth-order valence-electron chi connectivity index (χ4n) is 2.96. The fraction of sp³-hybridized carbons (Fsp3) is 0.600. The van der Waals surface area contributed by atoms with Crippen LogP contribution in [-0.2, 0) is 6.42 Å². The summed E-state index contributed by atoms with van der Waals surface area (Å²) < 4.78 is 26.7. The van der Waals surface area contributed by atoms with Crippen molar-refractivity contribution in [2.75, 3.05) is 6.54 Å². The third-order valence-corrected chi connectivity index (χ3v) is 3.79. The summed E-state index contributed by atoms with van der Waals surface area (Å²) >= 11 is 0. The second-order valence-electron chi connectivity index (χ2n) is 5.23. The summed E-state index contributed by atoms with van der Waals surface area (Å²) in [5.41, 5.74) is 0.525. The van der Waals surface area contributed by atoms with Crippen LogP contribution in [0.5, 0.6) is 0 Å². The van der Waals surface area contributed by atoms with Gasteiger partial charge in [-0.05, 0) is 55.5 Å². The molecule has 0 aliphatic heterocycles. The Morgan fingerprint density at radius 2 is 2.11 bits per heavy atom. The Labute approximate surface area is 108 Å². The first-order valence-electron chi connectivity index (χ1n) is 6.86. The topological polar surface area (TPSA) is 12.0 Å². The molecule has 2 atom stereocenters. The average molecular weight is 253 g/mol. The van der Waals surface area contributed by atoms with Gasteiger partial charge in [0.15, 0.2) is 0 Å². The third kappa shape index (κ3) is 3.52. The summed E-state index contributed by atoms with van der Waals surface area (Å²) in [5.74, 6) is -0.147. The molecule has 0 heterocycles. The van der Waals surface area contributed by atoms with Crippen LogP contribution in [-0.4, -0.2) is 12.6 Å². The Hall–Kier alpha value is -0.960. The van der Waals surface area contributed by atoms with E-state index in [0.717, 1.165) is 19.4 Å². The smallest absolute Gasteiger partial charge is 0.126 e. The molecule has 3 heteroatoms. The largest absolute Gasteiger partial charge is 0.314 e. The molecule has 1 aromatic carbocycles. The summed E-state index contributed by atoms with van der Waals surface area (Å²) in [5, 5.41) is 3.46. The van der Waals surface area contributed by atoms with Crippen molar-refractivity contribution in [3.05, 3.63) is 35.4 Å². The highest BCUT2D eigenvalue weighted by molar-refractivity contribution is 5.19. The second-order valence-corrected chi connectivity index (χ2v) is 5.23. The van der Waals surface area contributed by atoms with Crippen molar-refractivity contribution in [1.82, 2.24) is 5.32 Å². The lowest BCUT2D eigenvalue weighted by molar-refractivity contribution is 0.285. The zero-order valence-corrected chi connectivity index (χ0v) is 10.9. The van der Waals surface area contributed by atoms with Gasteiger partial charge >= 0.3 is 0 Å². The molecule has 0 aromatic heterocycles. The van der Waals surface area contributed by atoms with Gasteiger partial charge in [0.05, 0.1) is 0 Å². The van der Waals surface area contributed by atoms with Crippen molar-refractivity contribution in [2.24, 2.45) is 5.92 Å². The summed E-state index contributed by atoms with van der Waals surface area (Å²) in [7, 11) is 0. The Kier molecular flexibility index (Phi) is 4.70. The van der Waals surface area contributed by atoms with Gasteiger partial charge in [-0.25, -0.2) is 8.78 Å². The lowest BCUT2D eigenvalue weighted by Crippen LogP contribution is -2.34. The molecule has 0 radical (unpaired) electrons. The zero-order valence-electron chi connectivity index (χ0n) is 10.9. The highest BCUT2D eigenvalue weighted by Crippen LogP contribution is 2.28. The lowest BCUT2D eigenvalue weighted by Gasteiger charge is -2.29. The van der Waals surface area contributed by atoms with E-state index in [1.54, 1.807) is 0 Å². The molecule has 1 aliphatic rings. The predicted octanol–water partition coefficient (Wildman–Crippen LogP) is 3.68. The van der Waals surface area contributed by atoms with E-state index in [2.05, 4.69) is 12.2 Å². The van der Waals surface area contributed by atoms with Crippen LogP contribution in [0.15, 0.2) is 18.2 Å². The minimum atomic E-state index is -0.342. The van der Waals surface area contributed by atoms with E-state index in [1.807, 2.05) is 0 Å². The normalized spacial score (nSPS) is 24.2. The molecule has 1 aromatic rings. The van der Waals surface area contributed by atoms with Crippen molar-refractivity contribution in [2.45, 2.75) is 45.1 Å². The van der Waals surface area contributed by atoms with E-state index < -0.39 is 0 Å². The Morgan fingerprint density at radius 3 is 2.89 bits per heavy atom. The SMILES string of the molecule is CCNC1CCCC(Cc2cc(F)ccc2F)C1. The minimum Gasteiger partial charge on any atom is -0.314 e. The number of benzene rings is 1. The van der Waals surface area contributed by atoms with E-state index in [-0.39, 0.29) is 11.6 Å². The van der Waals surface area contributed by atoms with Crippen LogP contribution in [0.25, 0.3) is 0 Å². The molecule has 2 unspecified atom stereocenters. The predicted molar refractivity (Wildman–Crippen MR) is 69.5 cm³/mol. The van der Waals surface area contributed by atoms with Gasteiger partial charge in [-0.3, -0.25) is 0 Å². The molecule has 1 nitrogen and oxygen atoms in total. The Bertz CT molecular complexity index is 390. The van der Waals surface area contributed by atoms with Gasteiger partial charge in [-0.2, -0.15) is 0 Å². The van der Waals surface area contributed by atoms with Gasteiger partial charge < -0.3 is 5.32 Å². The van der Waals surface area contributed by atoms with Gasteiger partial charge in [0.2, 0.25) is 0 Å². The van der Waals surface area contributed by atoms with E-state index in [9.17, 15) is 8.78 Å². The molecule has 0 saturated heterocycles. The maximum absolute atomic E-state index is 13.6. The fourth-order valence-corrected chi connectivity index (χ4v) is 2.96. The van der Waals surface area contributed by atoms with Crippen molar-refractivity contribution in [3.8, 4) is 0 Å². The van der Waals surface area contributed by atoms with Crippen LogP contribution in [0, 0.1) is 17.6 Å². The molecule has 18 heavy (non-hydrogen) atoms. The first-order chi connectivity index (χ1) is 8.69. The van der Waals surface area contributed by atoms with Crippen molar-refractivity contribution < 1.29 is 8.78 Å². The molecule has 1 saturated carbocycles. The van der Waals surface area contributed by atoms with Gasteiger partial charge in [-0.1, -0.05) is 19.8 Å². The zero-order chi connectivity index (χ0) is 13.0. The first-order valence-corrected chi connectivity index (χ1v) is 6.86. The van der Waals surface area contributed by atoms with Gasteiger partial charge in [-0.15, -0.1) is 0 Å². The lowest BCUT2D eigenvalue weighted by atomic mass is 9.82. The van der Waals surface area contributed by atoms with Crippen LogP contribution in [0.4, 0.5) is 8.78 Å². The highest BCUT2D eigenvalue weighted by atomic mass is 19.1. The molecule has 2 rings (SSSR count). The summed E-state index contributed by atoms with van der Waals surface area (Å²) in [6.07, 6.45) is 5.24. The number of hydrogen-bond donors (Lipinski definition) is 1. The summed E-state index contributed by atoms with van der Waals surface area (Å²) in [4.78, 5) is 0. The molecular weight excluding hydrogens is 232 g/mol. The minimum absolute atomic E-state index is 0.276. The number of hydrogen-bond acceptors (Lipinski definition) is 1. The van der Waals surface area contributed by atoms with Gasteiger partial charge in [0.25, 0.3) is 0 Å². The van der Waals surface area contributed by atoms with Crippen LogP contribution in [0.1, 0.15) is 38.2 Å². The molecule has 1 aliphatic carbocycles. The molecular formula is C15H21F2N. The summed E-state index contributed by atoms with van der Waals surface area (Å²) in [6, 6.07) is 4.30. The molecule has 1 N–H and O–H groups in total. The van der Waals surface area contributed by atoms with Crippen molar-refractivity contribution in [1.29, 1.82) is 0 Å². The maximum Gasteiger partial charge on any atom is 0.126 e. The van der Waals surface area contributed by atoms with E-state index in [1.165, 1.54) is 31.0 Å². The quantitative estimate of drug-likeness (QED) is 0.863. The van der Waals surface area contributed by atoms with Crippen LogP contribution < -0.4 is 5.32 Å². The number of rotatable bonds is 4. The van der Waals surface area contributed by atoms with E-state index in [4.69, 9.17) is 0 Å². The third-order valence-electron chi connectivity index (χ3n) is 3.79. The Morgan fingerprint density at radius 1 is 1.28 bits per heavy atom. The maximum atomic E-state index is 13.6. The first kappa shape index (κ1) is 13.5. The standard InChI is InChI=1S/C15H21F2N/c1-2-18-14-5-3-4-11(9-14)8-12-10-13(16)6-7-15(12)17/h6-7,10-11,14,18H,2-5,8-9H2,1H3. The van der Waals surface area contributed by atoms with Crippen molar-refractivity contribution in [3.63, 3.8) is 0 Å². The summed E-state index contributed by atoms with van der Waals surface area (Å²) in [6.45, 7) is 3.08. The highest BCUT2D eigenvalue weighted by Gasteiger charge is 2.22. The number of nitrogens with one attached hydrogen (secondary N) is 1. The van der Waals surface area contributed by atoms with E-state index >= 15 is 0 Å². The van der Waals surface area contributed by atoms with Crippen LogP contribution in [0.2, 0.25) is 0 Å². The molecule has 0 amide bonds. The van der Waals surface area contributed by atoms with Gasteiger partial charge in [0, 0.05) is 6.04 Å². The molecule has 100 valence electrons. The number of halogens is 2. The molecule has 1 fully saturated rings. The van der Waals surface area contributed by atoms with Crippen LogP contribution >= 0.6 is 0 Å². The second kappa shape index (κ2) is 6.28. The molecule has 0 bridgehead atoms. The van der Waals surface area contributed by atoms with Crippen molar-refractivity contribution >= 4 is 0 Å². The Balaban J connectivity index is 1.98. The molecule has 0 spiro atoms. The monoisotopic (exact) mass is 253 g/mol. The van der Waals surface area contributed by atoms with Crippen LogP contribution in [0.3, 0.4) is 0 Å². The van der Waals surface area contributed by atoms with Gasteiger partial charge in [0.1, 0.15) is 11.6 Å².